The molecule has 7 nitrogen and oxygen atoms in total. The average Bonchev–Trinajstić information content (AvgIpc) is 3.42. The Morgan fingerprint density at radius 2 is 1.24 bits per heavy atom. The summed E-state index contributed by atoms with van der Waals surface area (Å²) in [7, 11) is 2.97. The molecule has 3 N–H and O–H groups in total. The Morgan fingerprint density at radius 3 is 1.70 bits per heavy atom. The van der Waals surface area contributed by atoms with Gasteiger partial charge in [0.05, 0.1) is 36.7 Å². The van der Waals surface area contributed by atoms with Crippen molar-refractivity contribution in [2.24, 2.45) is 5.84 Å². The van der Waals surface area contributed by atoms with Gasteiger partial charge in [-0.05, 0) is 84.4 Å². The highest BCUT2D eigenvalue weighted by molar-refractivity contribution is 5.93. The van der Waals surface area contributed by atoms with E-state index in [-0.39, 0.29) is 24.0 Å². The van der Waals surface area contributed by atoms with E-state index in [2.05, 4.69) is 0 Å². The van der Waals surface area contributed by atoms with Crippen LogP contribution in [0.15, 0.2) is 91.0 Å². The van der Waals surface area contributed by atoms with Gasteiger partial charge in [0.15, 0.2) is 0 Å². The van der Waals surface area contributed by atoms with E-state index in [1.54, 1.807) is 65.2 Å². The smallest absolute Gasteiger partial charge is 0.416 e. The largest absolute Gasteiger partial charge is 0.497 e. The monoisotopic (exact) mass is 640 g/mol. The van der Waals surface area contributed by atoms with Gasteiger partial charge in [-0.1, -0.05) is 12.1 Å². The summed E-state index contributed by atoms with van der Waals surface area (Å²) >= 11 is 0. The number of nitrogens with two attached hydrogens (primary N) is 1. The first-order chi connectivity index (χ1) is 21.8. The zero-order valence-electron chi connectivity index (χ0n) is 24.3. The first-order valence-electron chi connectivity index (χ1n) is 13.6. The summed E-state index contributed by atoms with van der Waals surface area (Å²) in [5, 5.41) is 0. The van der Waals surface area contributed by atoms with Gasteiger partial charge >= 0.3 is 12.4 Å². The third-order valence-electron chi connectivity index (χ3n) is 7.23. The summed E-state index contributed by atoms with van der Waals surface area (Å²) in [6.45, 7) is -0.0397. The molecule has 0 radical (unpaired) electrons. The molecule has 0 saturated carbocycles. The van der Waals surface area contributed by atoms with Crippen LogP contribution in [0.3, 0.4) is 0 Å². The van der Waals surface area contributed by atoms with Crippen LogP contribution >= 0.6 is 0 Å². The van der Waals surface area contributed by atoms with E-state index < -0.39 is 35.0 Å². The molecule has 0 unspecified atom stereocenters. The molecule has 1 heterocycles. The SMILES string of the molecule is COc1ccc(-c2nc(-c3cc(C(F)(F)F)cc(C(F)(F)F)c3)n(Cc3ccc(C(=O)NN)cc3)c2-c2ccc(OC)cc2)cc1. The molecule has 0 saturated heterocycles. The molecule has 0 atom stereocenters. The zero-order valence-corrected chi connectivity index (χ0v) is 24.3. The van der Waals surface area contributed by atoms with Crippen LogP contribution in [0.5, 0.6) is 11.5 Å². The second-order valence-electron chi connectivity index (χ2n) is 10.1. The van der Waals surface area contributed by atoms with E-state index >= 15 is 0 Å². The topological polar surface area (TPSA) is 91.4 Å². The lowest BCUT2D eigenvalue weighted by Crippen LogP contribution is -2.29. The van der Waals surface area contributed by atoms with Crippen LogP contribution in [-0.4, -0.2) is 29.7 Å². The van der Waals surface area contributed by atoms with Crippen molar-refractivity contribution in [3.63, 3.8) is 0 Å². The number of imidazole rings is 1. The van der Waals surface area contributed by atoms with E-state index in [9.17, 15) is 31.1 Å². The Kier molecular flexibility index (Phi) is 8.79. The first-order valence-corrected chi connectivity index (χ1v) is 13.6. The number of methoxy groups -OCH3 is 2. The molecule has 0 fully saturated rings. The highest BCUT2D eigenvalue weighted by Crippen LogP contribution is 2.42. The van der Waals surface area contributed by atoms with Crippen molar-refractivity contribution in [1.29, 1.82) is 0 Å². The Labute approximate surface area is 259 Å². The molecule has 5 rings (SSSR count). The van der Waals surface area contributed by atoms with Crippen LogP contribution in [0.1, 0.15) is 27.0 Å². The molecular weight excluding hydrogens is 614 g/mol. The number of alkyl halides is 6. The maximum absolute atomic E-state index is 13.9. The van der Waals surface area contributed by atoms with Gasteiger partial charge in [-0.3, -0.25) is 10.2 Å². The van der Waals surface area contributed by atoms with Gasteiger partial charge in [0.2, 0.25) is 0 Å². The minimum absolute atomic E-state index is 0.0397. The summed E-state index contributed by atoms with van der Waals surface area (Å²) < 4.78 is 95.7. The highest BCUT2D eigenvalue weighted by atomic mass is 19.4. The molecule has 13 heteroatoms. The normalized spacial score (nSPS) is 11.8. The Morgan fingerprint density at radius 1 is 0.739 bits per heavy atom. The van der Waals surface area contributed by atoms with Crippen LogP contribution in [0.4, 0.5) is 26.3 Å². The zero-order chi connectivity index (χ0) is 33.2. The van der Waals surface area contributed by atoms with Gasteiger partial charge in [0, 0.05) is 28.8 Å². The standard InChI is InChI=1S/C33H26F6N4O3/c1-45-26-11-7-20(8-12-26)28-29(21-9-13-27(46-2)14-10-21)43(18-19-3-5-22(6-4-19)31(44)42-40)30(41-28)23-15-24(32(34,35)36)17-25(16-23)33(37,38)39/h3-17H,18,40H2,1-2H3,(H,42,44). The number of hydrazine groups is 1. The molecule has 1 aromatic heterocycles. The first kappa shape index (κ1) is 32.1. The molecule has 5 aromatic rings. The number of nitrogens with zero attached hydrogens (tertiary/aromatic N) is 2. The van der Waals surface area contributed by atoms with Crippen LogP contribution in [0, 0.1) is 0 Å². The molecule has 238 valence electrons. The van der Waals surface area contributed by atoms with Crippen LogP contribution in [-0.2, 0) is 18.9 Å². The van der Waals surface area contributed by atoms with Gasteiger partial charge < -0.3 is 14.0 Å². The number of aromatic nitrogens is 2. The number of halogens is 6. The second kappa shape index (κ2) is 12.6. The minimum Gasteiger partial charge on any atom is -0.497 e. The molecule has 0 bridgehead atoms. The van der Waals surface area contributed by atoms with Crippen molar-refractivity contribution in [2.45, 2.75) is 18.9 Å². The van der Waals surface area contributed by atoms with Gasteiger partial charge in [0.1, 0.15) is 17.3 Å². The van der Waals surface area contributed by atoms with Crippen molar-refractivity contribution < 1.29 is 40.6 Å². The van der Waals surface area contributed by atoms with E-state index in [0.717, 1.165) is 0 Å². The van der Waals surface area contributed by atoms with Gasteiger partial charge in [-0.2, -0.15) is 26.3 Å². The molecule has 0 spiro atoms. The number of benzene rings is 4. The summed E-state index contributed by atoms with van der Waals surface area (Å²) in [6, 6.07) is 21.1. The summed E-state index contributed by atoms with van der Waals surface area (Å²) in [6.07, 6.45) is -10.1. The van der Waals surface area contributed by atoms with Crippen molar-refractivity contribution in [2.75, 3.05) is 14.2 Å². The molecular formula is C33H26F6N4O3. The lowest BCUT2D eigenvalue weighted by atomic mass is 10.0. The maximum Gasteiger partial charge on any atom is 0.416 e. The number of hydrogen-bond donors (Lipinski definition) is 2. The van der Waals surface area contributed by atoms with Crippen molar-refractivity contribution in [1.82, 2.24) is 15.0 Å². The lowest BCUT2D eigenvalue weighted by Gasteiger charge is -2.17. The van der Waals surface area contributed by atoms with Crippen LogP contribution in [0.25, 0.3) is 33.9 Å². The van der Waals surface area contributed by atoms with Gasteiger partial charge in [-0.15, -0.1) is 0 Å². The second-order valence-corrected chi connectivity index (χ2v) is 10.1. The van der Waals surface area contributed by atoms with E-state index in [1.807, 2.05) is 5.43 Å². The Hall–Kier alpha value is -5.30. The molecule has 0 aliphatic heterocycles. The summed E-state index contributed by atoms with van der Waals surface area (Å²) in [5.41, 5.74) is 1.33. The van der Waals surface area contributed by atoms with Crippen LogP contribution in [0.2, 0.25) is 0 Å². The third kappa shape index (κ3) is 6.69. The van der Waals surface area contributed by atoms with Gasteiger partial charge in [0.25, 0.3) is 5.91 Å². The predicted molar refractivity (Wildman–Crippen MR) is 159 cm³/mol. The molecule has 46 heavy (non-hydrogen) atoms. The van der Waals surface area contributed by atoms with Crippen molar-refractivity contribution >= 4 is 5.91 Å². The number of nitrogen functional groups attached to an aromatic ring is 1. The lowest BCUT2D eigenvalue weighted by molar-refractivity contribution is -0.143. The Balaban J connectivity index is 1.82. The van der Waals surface area contributed by atoms with Crippen molar-refractivity contribution in [3.8, 4) is 45.4 Å². The minimum atomic E-state index is -5.07. The van der Waals surface area contributed by atoms with E-state index in [4.69, 9.17) is 20.3 Å². The number of hydrogen-bond acceptors (Lipinski definition) is 5. The molecule has 0 aliphatic carbocycles. The maximum atomic E-state index is 13.9. The molecule has 1 amide bonds. The van der Waals surface area contributed by atoms with Crippen LogP contribution < -0.4 is 20.7 Å². The van der Waals surface area contributed by atoms with Gasteiger partial charge in [-0.25, -0.2) is 10.8 Å². The Bertz CT molecular complexity index is 1820. The summed E-state index contributed by atoms with van der Waals surface area (Å²) in [5.74, 6) is 5.61. The van der Waals surface area contributed by atoms with Crippen molar-refractivity contribution in [3.05, 3.63) is 113 Å². The highest BCUT2D eigenvalue weighted by Gasteiger charge is 2.38. The predicted octanol–water partition coefficient (Wildman–Crippen LogP) is 7.59. The van der Waals surface area contributed by atoms with E-state index in [0.29, 0.717) is 51.7 Å². The number of carbonyl (C=O) groups excluding carboxylic acids is 1. The number of carbonyl (C=O) groups is 1. The number of amides is 1. The van der Waals surface area contributed by atoms with E-state index in [1.165, 1.54) is 26.4 Å². The number of rotatable bonds is 8. The molecule has 0 aliphatic rings. The molecule has 4 aromatic carbocycles. The fourth-order valence-corrected chi connectivity index (χ4v) is 4.93. The quantitative estimate of drug-likeness (QED) is 0.0790. The summed E-state index contributed by atoms with van der Waals surface area (Å²) in [4.78, 5) is 16.7. The number of nitrogens with one attached hydrogen (secondary N) is 1. The number of ether oxygens (including phenoxy) is 2. The third-order valence-corrected chi connectivity index (χ3v) is 7.23. The fourth-order valence-electron chi connectivity index (χ4n) is 4.93. The average molecular weight is 641 g/mol. The fraction of sp³-hybridized carbons (Fsp3) is 0.152.